The maximum atomic E-state index is 13.7. The second kappa shape index (κ2) is 11.9. The summed E-state index contributed by atoms with van der Waals surface area (Å²) in [7, 11) is -3.56. The Morgan fingerprint density at radius 1 is 0.921 bits per heavy atom. The molecule has 0 saturated carbocycles. The van der Waals surface area contributed by atoms with Crippen LogP contribution in [-0.2, 0) is 23.0 Å². The van der Waals surface area contributed by atoms with E-state index in [-0.39, 0.29) is 16.7 Å². The molecule has 2 amide bonds. The van der Waals surface area contributed by atoms with Gasteiger partial charge in [0, 0.05) is 49.7 Å². The summed E-state index contributed by atoms with van der Waals surface area (Å²) < 4.78 is 27.5. The van der Waals surface area contributed by atoms with Crippen LogP contribution >= 0.6 is 11.3 Å². The molecule has 2 saturated heterocycles. The standard InChI is InChI=1S/C28H38N4O4S2/c1-2-14-30-19-13-23-24(20-30)37-27(25(23)28(34)31-15-5-3-6-16-31)29-26(33)21-9-11-22(12-10-21)38(35,36)32-17-7-4-8-18-32/h9-12H,2-8,13-20H2,1H3,(H,29,33). The molecule has 0 radical (unpaired) electrons. The molecule has 1 aromatic heterocycles. The average molecular weight is 559 g/mol. The summed E-state index contributed by atoms with van der Waals surface area (Å²) >= 11 is 1.51. The van der Waals surface area contributed by atoms with E-state index in [4.69, 9.17) is 0 Å². The lowest BCUT2D eigenvalue weighted by Gasteiger charge is -2.29. The summed E-state index contributed by atoms with van der Waals surface area (Å²) in [4.78, 5) is 32.7. The van der Waals surface area contributed by atoms with E-state index in [1.807, 2.05) is 4.90 Å². The zero-order valence-electron chi connectivity index (χ0n) is 22.2. The first-order chi connectivity index (χ1) is 18.4. The highest BCUT2D eigenvalue weighted by Crippen LogP contribution is 2.38. The molecule has 1 aromatic carbocycles. The summed E-state index contributed by atoms with van der Waals surface area (Å²) in [5.41, 5.74) is 2.11. The molecule has 10 heteroatoms. The van der Waals surface area contributed by atoms with Crippen LogP contribution in [0.3, 0.4) is 0 Å². The number of nitrogens with zero attached hydrogens (tertiary/aromatic N) is 3. The van der Waals surface area contributed by atoms with Gasteiger partial charge in [-0.05, 0) is 81.3 Å². The van der Waals surface area contributed by atoms with E-state index in [1.165, 1.54) is 27.8 Å². The molecule has 3 aliphatic rings. The number of sulfonamides is 1. The molecule has 0 spiro atoms. The first-order valence-electron chi connectivity index (χ1n) is 14.0. The van der Waals surface area contributed by atoms with Gasteiger partial charge in [-0.25, -0.2) is 8.42 Å². The minimum Gasteiger partial charge on any atom is -0.339 e. The molecule has 2 aromatic rings. The lowest BCUT2D eigenvalue weighted by molar-refractivity contribution is 0.0724. The summed E-state index contributed by atoms with van der Waals surface area (Å²) in [6.07, 6.45) is 7.85. The third kappa shape index (κ3) is 5.68. The fraction of sp³-hybridized carbons (Fsp3) is 0.571. The summed E-state index contributed by atoms with van der Waals surface area (Å²) in [5.74, 6) is -0.312. The molecule has 0 aliphatic carbocycles. The molecule has 1 N–H and O–H groups in total. The molecule has 206 valence electrons. The van der Waals surface area contributed by atoms with Crippen molar-refractivity contribution in [3.8, 4) is 0 Å². The van der Waals surface area contributed by atoms with Crippen molar-refractivity contribution >= 4 is 38.2 Å². The van der Waals surface area contributed by atoms with Crippen molar-refractivity contribution in [2.24, 2.45) is 0 Å². The van der Waals surface area contributed by atoms with Crippen LogP contribution in [0.2, 0.25) is 0 Å². The number of carbonyl (C=O) groups excluding carboxylic acids is 2. The smallest absolute Gasteiger partial charge is 0.257 e. The SMILES string of the molecule is CCCN1CCc2c(sc(NC(=O)c3ccc(S(=O)(=O)N4CCCCC4)cc3)c2C(=O)N2CCCCC2)C1. The highest BCUT2D eigenvalue weighted by molar-refractivity contribution is 7.89. The number of nitrogens with one attached hydrogen (secondary N) is 1. The Morgan fingerprint density at radius 2 is 1.58 bits per heavy atom. The molecule has 5 rings (SSSR count). The van der Waals surface area contributed by atoms with Gasteiger partial charge in [-0.15, -0.1) is 11.3 Å². The lowest BCUT2D eigenvalue weighted by atomic mass is 10.0. The van der Waals surface area contributed by atoms with Crippen molar-refractivity contribution in [1.29, 1.82) is 0 Å². The number of anilines is 1. The van der Waals surface area contributed by atoms with Gasteiger partial charge < -0.3 is 10.2 Å². The van der Waals surface area contributed by atoms with Crippen LogP contribution in [0.5, 0.6) is 0 Å². The number of thiophene rings is 1. The van der Waals surface area contributed by atoms with Crippen molar-refractivity contribution < 1.29 is 18.0 Å². The van der Waals surface area contributed by atoms with E-state index in [2.05, 4.69) is 17.1 Å². The fourth-order valence-electron chi connectivity index (χ4n) is 5.74. The second-order valence-electron chi connectivity index (χ2n) is 10.5. The molecule has 4 heterocycles. The Hall–Kier alpha value is -2.27. The zero-order chi connectivity index (χ0) is 26.7. The number of hydrogen-bond acceptors (Lipinski definition) is 6. The van der Waals surface area contributed by atoms with Crippen LogP contribution in [0.15, 0.2) is 29.2 Å². The maximum absolute atomic E-state index is 13.7. The molecule has 3 aliphatic heterocycles. The van der Waals surface area contributed by atoms with Crippen molar-refractivity contribution in [2.45, 2.75) is 69.7 Å². The molecule has 38 heavy (non-hydrogen) atoms. The highest BCUT2D eigenvalue weighted by Gasteiger charge is 2.32. The van der Waals surface area contributed by atoms with E-state index < -0.39 is 10.0 Å². The molecule has 0 atom stereocenters. The maximum Gasteiger partial charge on any atom is 0.257 e. The average Bonchev–Trinajstić information content (AvgIpc) is 3.30. The first kappa shape index (κ1) is 27.3. The van der Waals surface area contributed by atoms with Gasteiger partial charge in [-0.1, -0.05) is 13.3 Å². The summed E-state index contributed by atoms with van der Waals surface area (Å²) in [6, 6.07) is 6.16. The minimum absolute atomic E-state index is 0.0180. The lowest BCUT2D eigenvalue weighted by Crippen LogP contribution is -2.37. The number of fused-ring (bicyclic) bond motifs is 1. The van der Waals surface area contributed by atoms with Crippen LogP contribution in [-0.4, -0.2) is 73.6 Å². The van der Waals surface area contributed by atoms with E-state index in [0.717, 1.165) is 94.5 Å². The van der Waals surface area contributed by atoms with Crippen molar-refractivity contribution in [2.75, 3.05) is 44.6 Å². The topological polar surface area (TPSA) is 90.0 Å². The molecule has 8 nitrogen and oxygen atoms in total. The molecular formula is C28H38N4O4S2. The Bertz CT molecular complexity index is 1260. The molecular weight excluding hydrogens is 520 g/mol. The van der Waals surface area contributed by atoms with Gasteiger partial charge in [0.15, 0.2) is 0 Å². The monoisotopic (exact) mass is 558 g/mol. The Morgan fingerprint density at radius 3 is 2.24 bits per heavy atom. The summed E-state index contributed by atoms with van der Waals surface area (Å²) in [6.45, 7) is 7.49. The van der Waals surface area contributed by atoms with Crippen molar-refractivity contribution in [1.82, 2.24) is 14.1 Å². The fourth-order valence-corrected chi connectivity index (χ4v) is 8.54. The largest absolute Gasteiger partial charge is 0.339 e. The van der Waals surface area contributed by atoms with Gasteiger partial charge in [0.25, 0.3) is 11.8 Å². The van der Waals surface area contributed by atoms with Gasteiger partial charge in [0.1, 0.15) is 5.00 Å². The number of benzene rings is 1. The van der Waals surface area contributed by atoms with Gasteiger partial charge in [-0.2, -0.15) is 4.31 Å². The van der Waals surface area contributed by atoms with Crippen LogP contribution in [0.4, 0.5) is 5.00 Å². The zero-order valence-corrected chi connectivity index (χ0v) is 23.8. The van der Waals surface area contributed by atoms with Crippen molar-refractivity contribution in [3.05, 3.63) is 45.8 Å². The predicted molar refractivity (Wildman–Crippen MR) is 150 cm³/mol. The Balaban J connectivity index is 1.38. The quantitative estimate of drug-likeness (QED) is 0.538. The van der Waals surface area contributed by atoms with Crippen LogP contribution in [0.1, 0.15) is 83.0 Å². The van der Waals surface area contributed by atoms with E-state index in [0.29, 0.717) is 29.2 Å². The summed E-state index contributed by atoms with van der Waals surface area (Å²) in [5, 5.41) is 3.64. The molecule has 0 unspecified atom stereocenters. The highest BCUT2D eigenvalue weighted by atomic mass is 32.2. The van der Waals surface area contributed by atoms with E-state index in [1.54, 1.807) is 12.1 Å². The first-order valence-corrected chi connectivity index (χ1v) is 16.2. The van der Waals surface area contributed by atoms with Gasteiger partial charge in [-0.3, -0.25) is 14.5 Å². The minimum atomic E-state index is -3.56. The number of likely N-dealkylation sites (tertiary alicyclic amines) is 1. The Kier molecular flexibility index (Phi) is 8.52. The number of rotatable bonds is 7. The van der Waals surface area contributed by atoms with E-state index >= 15 is 0 Å². The van der Waals surface area contributed by atoms with Crippen LogP contribution < -0.4 is 5.32 Å². The van der Waals surface area contributed by atoms with Gasteiger partial charge in [0.05, 0.1) is 10.5 Å². The molecule has 2 fully saturated rings. The number of piperidine rings is 2. The number of amides is 2. The Labute approximate surface area is 230 Å². The van der Waals surface area contributed by atoms with Crippen LogP contribution in [0.25, 0.3) is 0 Å². The van der Waals surface area contributed by atoms with Crippen molar-refractivity contribution in [3.63, 3.8) is 0 Å². The van der Waals surface area contributed by atoms with Gasteiger partial charge in [0.2, 0.25) is 10.0 Å². The van der Waals surface area contributed by atoms with Gasteiger partial charge >= 0.3 is 0 Å². The predicted octanol–water partition coefficient (Wildman–Crippen LogP) is 4.57. The third-order valence-corrected chi connectivity index (χ3v) is 10.9. The second-order valence-corrected chi connectivity index (χ2v) is 13.6. The van der Waals surface area contributed by atoms with Crippen LogP contribution in [0, 0.1) is 0 Å². The third-order valence-electron chi connectivity index (χ3n) is 7.83. The number of hydrogen-bond donors (Lipinski definition) is 1. The number of carbonyl (C=O) groups is 2. The normalized spacial score (nSPS) is 19.2. The van der Waals surface area contributed by atoms with E-state index in [9.17, 15) is 18.0 Å². The molecule has 0 bridgehead atoms.